The molecule has 3 rings (SSSR count). The van der Waals surface area contributed by atoms with Gasteiger partial charge in [0.25, 0.3) is 5.89 Å². The van der Waals surface area contributed by atoms with Gasteiger partial charge in [0.05, 0.1) is 7.11 Å². The van der Waals surface area contributed by atoms with Gasteiger partial charge in [0.1, 0.15) is 5.75 Å². The van der Waals surface area contributed by atoms with E-state index in [-0.39, 0.29) is 0 Å². The lowest BCUT2D eigenvalue weighted by atomic mass is 10.1. The summed E-state index contributed by atoms with van der Waals surface area (Å²) in [6, 6.07) is 13.1. The van der Waals surface area contributed by atoms with Crippen molar-refractivity contribution < 1.29 is 9.26 Å². The van der Waals surface area contributed by atoms with Crippen molar-refractivity contribution in [2.45, 2.75) is 6.92 Å². The van der Waals surface area contributed by atoms with Crippen molar-refractivity contribution >= 4 is 5.69 Å². The summed E-state index contributed by atoms with van der Waals surface area (Å²) in [5.74, 6) is 1.78. The van der Waals surface area contributed by atoms with Crippen molar-refractivity contribution in [3.8, 4) is 28.6 Å². The maximum atomic E-state index is 5.91. The Morgan fingerprint density at radius 1 is 1.10 bits per heavy atom. The third kappa shape index (κ3) is 2.45. The first-order valence-corrected chi connectivity index (χ1v) is 6.52. The predicted molar refractivity (Wildman–Crippen MR) is 80.9 cm³/mol. The zero-order chi connectivity index (χ0) is 14.8. The Hall–Kier alpha value is -2.82. The lowest BCUT2D eigenvalue weighted by molar-refractivity contribution is 0.414. The minimum absolute atomic E-state index is 0.467. The highest BCUT2D eigenvalue weighted by atomic mass is 16.5. The maximum Gasteiger partial charge on any atom is 0.258 e. The second kappa shape index (κ2) is 5.28. The Labute approximate surface area is 122 Å². The highest BCUT2D eigenvalue weighted by Gasteiger charge is 2.13. The molecule has 1 aromatic heterocycles. The second-order valence-corrected chi connectivity index (χ2v) is 4.67. The molecule has 0 unspecified atom stereocenters. The quantitative estimate of drug-likeness (QED) is 0.745. The average Bonchev–Trinajstić information content (AvgIpc) is 3.00. The zero-order valence-electron chi connectivity index (χ0n) is 11.8. The first-order chi connectivity index (χ1) is 10.2. The molecule has 0 aliphatic carbocycles. The Balaban J connectivity index is 1.97. The van der Waals surface area contributed by atoms with E-state index in [1.54, 1.807) is 7.11 Å². The number of anilines is 1. The topological polar surface area (TPSA) is 74.2 Å². The Kier molecular flexibility index (Phi) is 3.31. The van der Waals surface area contributed by atoms with Gasteiger partial charge in [-0.3, -0.25) is 0 Å². The molecule has 5 heteroatoms. The van der Waals surface area contributed by atoms with Crippen LogP contribution in [-0.2, 0) is 0 Å². The molecule has 106 valence electrons. The van der Waals surface area contributed by atoms with E-state index in [9.17, 15) is 0 Å². The number of nitrogens with two attached hydrogens (primary N) is 1. The van der Waals surface area contributed by atoms with Crippen LogP contribution in [0, 0.1) is 6.92 Å². The smallest absolute Gasteiger partial charge is 0.258 e. The largest absolute Gasteiger partial charge is 0.497 e. The molecule has 0 atom stereocenters. The summed E-state index contributed by atoms with van der Waals surface area (Å²) in [7, 11) is 1.63. The predicted octanol–water partition coefficient (Wildman–Crippen LogP) is 3.30. The summed E-state index contributed by atoms with van der Waals surface area (Å²) in [4.78, 5) is 4.43. The van der Waals surface area contributed by atoms with E-state index in [1.165, 1.54) is 0 Å². The maximum absolute atomic E-state index is 5.91. The Morgan fingerprint density at radius 3 is 2.57 bits per heavy atom. The molecule has 0 aliphatic rings. The van der Waals surface area contributed by atoms with Crippen molar-refractivity contribution in [3.05, 3.63) is 48.0 Å². The van der Waals surface area contributed by atoms with Crippen LogP contribution in [0.15, 0.2) is 47.0 Å². The molecular formula is C16H15N3O2. The van der Waals surface area contributed by atoms with Gasteiger partial charge in [0.15, 0.2) is 0 Å². The van der Waals surface area contributed by atoms with Gasteiger partial charge in [-0.1, -0.05) is 17.3 Å². The number of hydrogen-bond acceptors (Lipinski definition) is 5. The fourth-order valence-corrected chi connectivity index (χ4v) is 2.08. The lowest BCUT2D eigenvalue weighted by Gasteiger charge is -2.03. The summed E-state index contributed by atoms with van der Waals surface area (Å²) in [6.45, 7) is 1.94. The Bertz CT molecular complexity index is 763. The molecule has 0 radical (unpaired) electrons. The van der Waals surface area contributed by atoms with Gasteiger partial charge in [-0.2, -0.15) is 4.98 Å². The average molecular weight is 281 g/mol. The van der Waals surface area contributed by atoms with Crippen LogP contribution in [0.25, 0.3) is 22.8 Å². The molecule has 0 amide bonds. The van der Waals surface area contributed by atoms with Gasteiger partial charge in [0, 0.05) is 16.8 Å². The molecule has 0 saturated heterocycles. The summed E-state index contributed by atoms with van der Waals surface area (Å²) in [5, 5.41) is 4.03. The summed E-state index contributed by atoms with van der Waals surface area (Å²) in [6.07, 6.45) is 0. The number of aromatic nitrogens is 2. The lowest BCUT2D eigenvalue weighted by Crippen LogP contribution is -1.92. The summed E-state index contributed by atoms with van der Waals surface area (Å²) in [5.41, 5.74) is 9.28. The number of nitrogens with zero attached hydrogens (tertiary/aromatic N) is 2. The molecule has 0 bridgehead atoms. The van der Waals surface area contributed by atoms with Crippen LogP contribution in [0.3, 0.4) is 0 Å². The number of rotatable bonds is 3. The minimum Gasteiger partial charge on any atom is -0.497 e. The van der Waals surface area contributed by atoms with E-state index in [2.05, 4.69) is 10.1 Å². The van der Waals surface area contributed by atoms with Gasteiger partial charge < -0.3 is 15.0 Å². The number of methoxy groups -OCH3 is 1. The molecule has 0 spiro atoms. The van der Waals surface area contributed by atoms with Crippen LogP contribution in [0.4, 0.5) is 5.69 Å². The molecule has 0 fully saturated rings. The molecule has 2 N–H and O–H groups in total. The fourth-order valence-electron chi connectivity index (χ4n) is 2.08. The highest BCUT2D eigenvalue weighted by molar-refractivity contribution is 5.68. The van der Waals surface area contributed by atoms with Crippen molar-refractivity contribution in [2.75, 3.05) is 12.8 Å². The third-order valence-electron chi connectivity index (χ3n) is 3.38. The van der Waals surface area contributed by atoms with Crippen LogP contribution in [0.2, 0.25) is 0 Å². The van der Waals surface area contributed by atoms with Gasteiger partial charge in [-0.25, -0.2) is 0 Å². The van der Waals surface area contributed by atoms with Crippen LogP contribution < -0.4 is 10.5 Å². The van der Waals surface area contributed by atoms with E-state index >= 15 is 0 Å². The highest BCUT2D eigenvalue weighted by Crippen LogP contribution is 2.27. The van der Waals surface area contributed by atoms with E-state index in [0.717, 1.165) is 22.4 Å². The first-order valence-electron chi connectivity index (χ1n) is 6.52. The molecule has 0 saturated carbocycles. The minimum atomic E-state index is 0.467. The summed E-state index contributed by atoms with van der Waals surface area (Å²) < 4.78 is 10.5. The van der Waals surface area contributed by atoms with Crippen molar-refractivity contribution in [1.82, 2.24) is 10.1 Å². The van der Waals surface area contributed by atoms with E-state index in [0.29, 0.717) is 17.4 Å². The SMILES string of the molecule is COc1ccc(-c2nc(-c3cccc(N)c3C)no2)cc1. The van der Waals surface area contributed by atoms with Crippen molar-refractivity contribution in [3.63, 3.8) is 0 Å². The molecule has 3 aromatic rings. The normalized spacial score (nSPS) is 10.6. The molecule has 2 aromatic carbocycles. The van der Waals surface area contributed by atoms with E-state index in [4.69, 9.17) is 15.0 Å². The molecule has 1 heterocycles. The van der Waals surface area contributed by atoms with Gasteiger partial charge >= 0.3 is 0 Å². The first kappa shape index (κ1) is 13.2. The van der Waals surface area contributed by atoms with Crippen LogP contribution in [0.1, 0.15) is 5.56 Å². The monoisotopic (exact) mass is 281 g/mol. The van der Waals surface area contributed by atoms with Gasteiger partial charge in [-0.05, 0) is 42.8 Å². The van der Waals surface area contributed by atoms with Crippen LogP contribution >= 0.6 is 0 Å². The van der Waals surface area contributed by atoms with Crippen LogP contribution in [-0.4, -0.2) is 17.3 Å². The number of benzene rings is 2. The Morgan fingerprint density at radius 2 is 1.86 bits per heavy atom. The van der Waals surface area contributed by atoms with E-state index < -0.39 is 0 Å². The van der Waals surface area contributed by atoms with Crippen molar-refractivity contribution in [1.29, 1.82) is 0 Å². The fraction of sp³-hybridized carbons (Fsp3) is 0.125. The summed E-state index contributed by atoms with van der Waals surface area (Å²) >= 11 is 0. The molecule has 21 heavy (non-hydrogen) atoms. The number of ether oxygens (including phenoxy) is 1. The van der Waals surface area contributed by atoms with Gasteiger partial charge in [0.2, 0.25) is 5.82 Å². The molecular weight excluding hydrogens is 266 g/mol. The standard InChI is InChI=1S/C16H15N3O2/c1-10-13(4-3-5-14(10)17)15-18-16(21-19-15)11-6-8-12(20-2)9-7-11/h3-9H,17H2,1-2H3. The van der Waals surface area contributed by atoms with E-state index in [1.807, 2.05) is 49.4 Å². The molecule has 0 aliphatic heterocycles. The molecule has 5 nitrogen and oxygen atoms in total. The van der Waals surface area contributed by atoms with Crippen molar-refractivity contribution in [2.24, 2.45) is 0 Å². The second-order valence-electron chi connectivity index (χ2n) is 4.67. The van der Waals surface area contributed by atoms with Gasteiger partial charge in [-0.15, -0.1) is 0 Å². The third-order valence-corrected chi connectivity index (χ3v) is 3.38. The number of hydrogen-bond donors (Lipinski definition) is 1. The number of nitrogen functional groups attached to an aromatic ring is 1. The van der Waals surface area contributed by atoms with Crippen LogP contribution in [0.5, 0.6) is 5.75 Å². The zero-order valence-corrected chi connectivity index (χ0v) is 11.8.